The maximum Gasteiger partial charge on any atom is 0.208 e. The monoisotopic (exact) mass is 266 g/mol. The number of hydrogen-bond donors (Lipinski definition) is 0. The molecule has 0 radical (unpaired) electrons. The van der Waals surface area contributed by atoms with Crippen LogP contribution in [0.25, 0.3) is 0 Å². The SMILES string of the molecule is COc1ccccc1C(=O)c1scc(C)c1Cl. The smallest absolute Gasteiger partial charge is 0.208 e. The number of ether oxygens (including phenoxy) is 1. The Hall–Kier alpha value is -1.32. The first-order valence-corrected chi connectivity index (χ1v) is 6.32. The van der Waals surface area contributed by atoms with Gasteiger partial charge in [0.05, 0.1) is 22.6 Å². The Kier molecular flexibility index (Phi) is 3.50. The van der Waals surface area contributed by atoms with Gasteiger partial charge in [0.15, 0.2) is 0 Å². The number of thiophene rings is 1. The third kappa shape index (κ3) is 2.21. The molecule has 2 nitrogen and oxygen atoms in total. The van der Waals surface area contributed by atoms with Gasteiger partial charge >= 0.3 is 0 Å². The highest BCUT2D eigenvalue weighted by molar-refractivity contribution is 7.13. The second-order valence-corrected chi connectivity index (χ2v) is 4.85. The van der Waals surface area contributed by atoms with E-state index in [9.17, 15) is 4.79 Å². The average Bonchev–Trinajstić information content (AvgIpc) is 2.69. The topological polar surface area (TPSA) is 26.3 Å². The van der Waals surface area contributed by atoms with Crippen molar-refractivity contribution in [2.45, 2.75) is 6.92 Å². The molecule has 0 saturated heterocycles. The molecule has 0 atom stereocenters. The van der Waals surface area contributed by atoms with Crippen molar-refractivity contribution >= 4 is 28.7 Å². The zero-order chi connectivity index (χ0) is 12.4. The molecular formula is C13H11ClO2S. The van der Waals surface area contributed by atoms with Crippen LogP contribution in [0.1, 0.15) is 20.8 Å². The van der Waals surface area contributed by atoms with Crippen LogP contribution in [0.5, 0.6) is 5.75 Å². The molecule has 0 fully saturated rings. The number of carbonyl (C=O) groups is 1. The predicted molar refractivity (Wildman–Crippen MR) is 70.5 cm³/mol. The minimum Gasteiger partial charge on any atom is -0.496 e. The van der Waals surface area contributed by atoms with Crippen LogP contribution in [0.2, 0.25) is 5.02 Å². The second kappa shape index (κ2) is 4.90. The van der Waals surface area contributed by atoms with Crippen LogP contribution in [0, 0.1) is 6.92 Å². The summed E-state index contributed by atoms with van der Waals surface area (Å²) < 4.78 is 5.18. The first kappa shape index (κ1) is 12.1. The van der Waals surface area contributed by atoms with Crippen molar-refractivity contribution in [2.75, 3.05) is 7.11 Å². The van der Waals surface area contributed by atoms with Crippen LogP contribution in [0.4, 0.5) is 0 Å². The predicted octanol–water partition coefficient (Wildman–Crippen LogP) is 3.95. The van der Waals surface area contributed by atoms with Gasteiger partial charge in [0.1, 0.15) is 5.75 Å². The normalized spacial score (nSPS) is 10.3. The van der Waals surface area contributed by atoms with Crippen molar-refractivity contribution in [3.05, 3.63) is 50.7 Å². The van der Waals surface area contributed by atoms with Crippen LogP contribution >= 0.6 is 22.9 Å². The second-order valence-electron chi connectivity index (χ2n) is 3.59. The molecule has 0 N–H and O–H groups in total. The van der Waals surface area contributed by atoms with Gasteiger partial charge in [0.25, 0.3) is 0 Å². The lowest BCUT2D eigenvalue weighted by Gasteiger charge is -2.06. The van der Waals surface area contributed by atoms with Crippen molar-refractivity contribution < 1.29 is 9.53 Å². The molecule has 0 aliphatic heterocycles. The largest absolute Gasteiger partial charge is 0.496 e. The van der Waals surface area contributed by atoms with Gasteiger partial charge in [-0.1, -0.05) is 23.7 Å². The summed E-state index contributed by atoms with van der Waals surface area (Å²) in [5.41, 5.74) is 1.47. The van der Waals surface area contributed by atoms with Crippen LogP contribution in [-0.2, 0) is 0 Å². The molecule has 0 aliphatic rings. The van der Waals surface area contributed by atoms with E-state index in [4.69, 9.17) is 16.3 Å². The number of benzene rings is 1. The van der Waals surface area contributed by atoms with Crippen molar-refractivity contribution in [1.29, 1.82) is 0 Å². The van der Waals surface area contributed by atoms with E-state index < -0.39 is 0 Å². The summed E-state index contributed by atoms with van der Waals surface area (Å²) in [4.78, 5) is 12.9. The van der Waals surface area contributed by atoms with Crippen molar-refractivity contribution in [3.63, 3.8) is 0 Å². The van der Waals surface area contributed by atoms with E-state index in [-0.39, 0.29) is 5.78 Å². The van der Waals surface area contributed by atoms with Crippen molar-refractivity contribution in [3.8, 4) is 5.75 Å². The van der Waals surface area contributed by atoms with Crippen LogP contribution in [0.3, 0.4) is 0 Å². The number of ketones is 1. The molecular weight excluding hydrogens is 256 g/mol. The van der Waals surface area contributed by atoms with E-state index in [1.165, 1.54) is 11.3 Å². The number of methoxy groups -OCH3 is 1. The molecule has 1 aromatic carbocycles. The van der Waals surface area contributed by atoms with Crippen LogP contribution in [-0.4, -0.2) is 12.9 Å². The average molecular weight is 267 g/mol. The minimum absolute atomic E-state index is 0.0921. The first-order valence-electron chi connectivity index (χ1n) is 5.06. The lowest BCUT2D eigenvalue weighted by atomic mass is 10.1. The Morgan fingerprint density at radius 1 is 1.35 bits per heavy atom. The summed E-state index contributed by atoms with van der Waals surface area (Å²) in [6.45, 7) is 1.89. The third-order valence-electron chi connectivity index (χ3n) is 2.46. The highest BCUT2D eigenvalue weighted by atomic mass is 35.5. The molecule has 2 rings (SSSR count). The molecule has 2 aromatic rings. The molecule has 1 heterocycles. The fourth-order valence-corrected chi connectivity index (χ4v) is 2.77. The molecule has 88 valence electrons. The standard InChI is InChI=1S/C13H11ClO2S/c1-8-7-17-13(11(8)14)12(15)9-5-3-4-6-10(9)16-2/h3-7H,1-2H3. The summed E-state index contributed by atoms with van der Waals surface area (Å²) in [5.74, 6) is 0.477. The number of hydrogen-bond acceptors (Lipinski definition) is 3. The molecule has 4 heteroatoms. The summed E-state index contributed by atoms with van der Waals surface area (Å²) in [7, 11) is 1.55. The van der Waals surface area contributed by atoms with Crippen LogP contribution < -0.4 is 4.74 Å². The Balaban J connectivity index is 2.47. The molecule has 0 unspecified atom stereocenters. The summed E-state index contributed by atoms with van der Waals surface area (Å²) in [5, 5.41) is 2.41. The molecule has 0 amide bonds. The number of halogens is 1. The fraction of sp³-hybridized carbons (Fsp3) is 0.154. The van der Waals surface area contributed by atoms with Gasteiger partial charge in [-0.2, -0.15) is 0 Å². The molecule has 0 aliphatic carbocycles. The highest BCUT2D eigenvalue weighted by Gasteiger charge is 2.19. The Morgan fingerprint density at radius 3 is 2.65 bits per heavy atom. The van der Waals surface area contributed by atoms with Crippen molar-refractivity contribution in [2.24, 2.45) is 0 Å². The van der Waals surface area contributed by atoms with E-state index >= 15 is 0 Å². The molecule has 17 heavy (non-hydrogen) atoms. The lowest BCUT2D eigenvalue weighted by Crippen LogP contribution is -2.02. The number of rotatable bonds is 3. The maximum absolute atomic E-state index is 12.3. The number of aryl methyl sites for hydroxylation is 1. The van der Waals surface area contributed by atoms with Gasteiger partial charge in [-0.25, -0.2) is 0 Å². The van der Waals surface area contributed by atoms with E-state index in [1.54, 1.807) is 19.2 Å². The Morgan fingerprint density at radius 2 is 2.06 bits per heavy atom. The summed E-state index contributed by atoms with van der Waals surface area (Å²) >= 11 is 7.46. The summed E-state index contributed by atoms with van der Waals surface area (Å²) in [6, 6.07) is 7.15. The molecule has 0 saturated carbocycles. The molecule has 1 aromatic heterocycles. The zero-order valence-corrected chi connectivity index (χ0v) is 11.1. The first-order chi connectivity index (χ1) is 8.15. The lowest BCUT2D eigenvalue weighted by molar-refractivity contribution is 0.103. The van der Waals surface area contributed by atoms with Gasteiger partial charge in [-0.15, -0.1) is 11.3 Å². The van der Waals surface area contributed by atoms with Gasteiger partial charge < -0.3 is 4.74 Å². The zero-order valence-electron chi connectivity index (χ0n) is 9.49. The van der Waals surface area contributed by atoms with Gasteiger partial charge in [0.2, 0.25) is 5.78 Å². The maximum atomic E-state index is 12.3. The quantitative estimate of drug-likeness (QED) is 0.787. The number of carbonyl (C=O) groups excluding carboxylic acids is 1. The van der Waals surface area contributed by atoms with E-state index in [0.29, 0.717) is 21.2 Å². The van der Waals surface area contributed by atoms with E-state index in [2.05, 4.69) is 0 Å². The van der Waals surface area contributed by atoms with E-state index in [0.717, 1.165) is 5.56 Å². The highest BCUT2D eigenvalue weighted by Crippen LogP contribution is 2.31. The Labute approximate surface area is 109 Å². The fourth-order valence-electron chi connectivity index (χ4n) is 1.54. The van der Waals surface area contributed by atoms with Gasteiger partial charge in [-0.05, 0) is 30.0 Å². The summed E-state index contributed by atoms with van der Waals surface area (Å²) in [6.07, 6.45) is 0. The van der Waals surface area contributed by atoms with E-state index in [1.807, 2.05) is 24.4 Å². The Bertz CT molecular complexity index is 560. The molecule has 0 bridgehead atoms. The van der Waals surface area contributed by atoms with Gasteiger partial charge in [-0.3, -0.25) is 4.79 Å². The van der Waals surface area contributed by atoms with Gasteiger partial charge in [0, 0.05) is 0 Å². The third-order valence-corrected chi connectivity index (χ3v) is 4.15. The van der Waals surface area contributed by atoms with Crippen LogP contribution in [0.15, 0.2) is 29.6 Å². The number of para-hydroxylation sites is 1. The minimum atomic E-state index is -0.0921. The molecule has 0 spiro atoms. The van der Waals surface area contributed by atoms with Crippen molar-refractivity contribution in [1.82, 2.24) is 0 Å².